The first-order valence-electron chi connectivity index (χ1n) is 9.21. The summed E-state index contributed by atoms with van der Waals surface area (Å²) < 4.78 is 17.2. The Morgan fingerprint density at radius 2 is 1.87 bits per heavy atom. The van der Waals surface area contributed by atoms with Crippen LogP contribution in [-0.2, 0) is 11.8 Å². The van der Waals surface area contributed by atoms with E-state index >= 15 is 0 Å². The lowest BCUT2D eigenvalue weighted by atomic mass is 10.2. The number of nitrogens with zero attached hydrogens (tertiary/aromatic N) is 3. The second-order valence-corrected chi connectivity index (χ2v) is 9.38. The Hall–Kier alpha value is -2.82. The molecule has 0 saturated carbocycles. The molecule has 158 valence electrons. The second kappa shape index (κ2) is 8.74. The van der Waals surface area contributed by atoms with Crippen molar-refractivity contribution < 1.29 is 9.18 Å². The van der Waals surface area contributed by atoms with Gasteiger partial charge >= 0.3 is 0 Å². The van der Waals surface area contributed by atoms with E-state index in [9.17, 15) is 14.0 Å². The number of benzene rings is 2. The third-order valence-electron chi connectivity index (χ3n) is 4.53. The summed E-state index contributed by atoms with van der Waals surface area (Å²) in [6.45, 7) is 1.99. The number of anilines is 1. The van der Waals surface area contributed by atoms with E-state index in [1.807, 2.05) is 31.2 Å². The molecule has 4 rings (SSSR count). The standard InChI is InChI=1S/C21H17FN4O2S3/c1-12-3-9-15(10-4-12)26-18-17(31-21(26)29)19(28)25(2)20(24-18)30-11-16(27)23-14-7-5-13(22)6-8-14/h3-10H,11H2,1-2H3,(H,23,27). The van der Waals surface area contributed by atoms with E-state index in [1.54, 1.807) is 11.6 Å². The van der Waals surface area contributed by atoms with Crippen molar-refractivity contribution in [1.29, 1.82) is 0 Å². The van der Waals surface area contributed by atoms with Gasteiger partial charge in [-0.3, -0.25) is 18.7 Å². The fraction of sp³-hybridized carbons (Fsp3) is 0.143. The zero-order valence-corrected chi connectivity index (χ0v) is 19.0. The number of aromatic nitrogens is 3. The average Bonchev–Trinajstić information content (AvgIpc) is 3.08. The van der Waals surface area contributed by atoms with Crippen LogP contribution in [0.5, 0.6) is 0 Å². The van der Waals surface area contributed by atoms with Gasteiger partial charge in [0.15, 0.2) is 14.8 Å². The minimum absolute atomic E-state index is 0.0402. The van der Waals surface area contributed by atoms with Crippen LogP contribution in [0.3, 0.4) is 0 Å². The van der Waals surface area contributed by atoms with Crippen LogP contribution in [0.4, 0.5) is 10.1 Å². The van der Waals surface area contributed by atoms with Gasteiger partial charge in [-0.2, -0.15) is 0 Å². The lowest BCUT2D eigenvalue weighted by Crippen LogP contribution is -2.21. The van der Waals surface area contributed by atoms with E-state index in [4.69, 9.17) is 12.2 Å². The highest BCUT2D eigenvalue weighted by Gasteiger charge is 2.17. The molecular weight excluding hydrogens is 455 g/mol. The molecule has 0 aliphatic heterocycles. The quantitative estimate of drug-likeness (QED) is 0.259. The van der Waals surface area contributed by atoms with Gasteiger partial charge in [0.2, 0.25) is 5.91 Å². The number of thiazole rings is 1. The van der Waals surface area contributed by atoms with Crippen LogP contribution >= 0.6 is 35.3 Å². The van der Waals surface area contributed by atoms with Crippen LogP contribution in [0.1, 0.15) is 5.56 Å². The number of fused-ring (bicyclic) bond motifs is 1. The number of hydrogen-bond acceptors (Lipinski definition) is 6. The van der Waals surface area contributed by atoms with Crippen LogP contribution in [0.15, 0.2) is 58.5 Å². The Morgan fingerprint density at radius 1 is 1.19 bits per heavy atom. The van der Waals surface area contributed by atoms with E-state index in [1.165, 1.54) is 40.2 Å². The van der Waals surface area contributed by atoms with E-state index in [0.717, 1.165) is 23.0 Å². The second-order valence-electron chi connectivity index (χ2n) is 6.79. The molecule has 0 atom stereocenters. The Labute approximate surface area is 190 Å². The SMILES string of the molecule is Cc1ccc(-n2c(=S)sc3c(=O)n(C)c(SCC(=O)Nc4ccc(F)cc4)nc32)cc1. The maximum absolute atomic E-state index is 13.0. The topological polar surface area (TPSA) is 68.9 Å². The molecule has 2 aromatic heterocycles. The van der Waals surface area contributed by atoms with Gasteiger partial charge in [-0.15, -0.1) is 0 Å². The molecule has 10 heteroatoms. The van der Waals surface area contributed by atoms with Crippen molar-refractivity contribution in [1.82, 2.24) is 14.1 Å². The highest BCUT2D eigenvalue weighted by Crippen LogP contribution is 2.25. The predicted octanol–water partition coefficient (Wildman–Crippen LogP) is 4.69. The van der Waals surface area contributed by atoms with Crippen LogP contribution in [0.2, 0.25) is 0 Å². The van der Waals surface area contributed by atoms with Gasteiger partial charge < -0.3 is 5.32 Å². The number of carbonyl (C=O) groups is 1. The van der Waals surface area contributed by atoms with Gasteiger partial charge in [-0.25, -0.2) is 9.37 Å². The Balaban J connectivity index is 1.64. The summed E-state index contributed by atoms with van der Waals surface area (Å²) in [6, 6.07) is 13.3. The first kappa shape index (κ1) is 21.4. The highest BCUT2D eigenvalue weighted by atomic mass is 32.2. The van der Waals surface area contributed by atoms with E-state index in [-0.39, 0.29) is 23.0 Å². The molecule has 0 fully saturated rings. The molecule has 0 spiro atoms. The number of hydrogen-bond donors (Lipinski definition) is 1. The molecule has 2 aromatic carbocycles. The summed E-state index contributed by atoms with van der Waals surface area (Å²) in [6.07, 6.45) is 0. The Kier molecular flexibility index (Phi) is 6.03. The number of thioether (sulfide) groups is 1. The lowest BCUT2D eigenvalue weighted by molar-refractivity contribution is -0.113. The molecule has 0 radical (unpaired) electrons. The van der Waals surface area contributed by atoms with Crippen molar-refractivity contribution in [3.63, 3.8) is 0 Å². The van der Waals surface area contributed by atoms with Crippen LogP contribution in [0.25, 0.3) is 16.0 Å². The molecule has 0 saturated heterocycles. The number of halogens is 1. The fourth-order valence-electron chi connectivity index (χ4n) is 2.92. The van der Waals surface area contributed by atoms with Gasteiger partial charge in [0.25, 0.3) is 5.56 Å². The monoisotopic (exact) mass is 472 g/mol. The molecular formula is C21H17FN4O2S3. The van der Waals surface area contributed by atoms with E-state index in [0.29, 0.717) is 25.1 Å². The highest BCUT2D eigenvalue weighted by molar-refractivity contribution is 7.99. The van der Waals surface area contributed by atoms with E-state index in [2.05, 4.69) is 10.3 Å². The zero-order chi connectivity index (χ0) is 22.1. The normalized spacial score (nSPS) is 11.1. The summed E-state index contributed by atoms with van der Waals surface area (Å²) in [7, 11) is 1.62. The molecule has 0 aliphatic rings. The minimum atomic E-state index is -0.376. The predicted molar refractivity (Wildman–Crippen MR) is 126 cm³/mol. The van der Waals surface area contributed by atoms with Crippen LogP contribution in [-0.4, -0.2) is 25.8 Å². The molecule has 0 unspecified atom stereocenters. The van der Waals surface area contributed by atoms with Crippen molar-refractivity contribution in [3.05, 3.63) is 74.2 Å². The molecule has 2 heterocycles. The smallest absolute Gasteiger partial charge is 0.273 e. The van der Waals surface area contributed by atoms with Crippen molar-refractivity contribution in [2.45, 2.75) is 12.1 Å². The summed E-state index contributed by atoms with van der Waals surface area (Å²) in [5.41, 5.74) is 2.70. The Morgan fingerprint density at radius 3 is 2.55 bits per heavy atom. The van der Waals surface area contributed by atoms with Crippen LogP contribution < -0.4 is 10.9 Å². The summed E-state index contributed by atoms with van der Waals surface area (Å²) >= 11 is 7.86. The molecule has 1 N–H and O–H groups in total. The van der Waals surface area contributed by atoms with Gasteiger partial charge in [0.05, 0.1) is 5.75 Å². The van der Waals surface area contributed by atoms with Crippen molar-refractivity contribution >= 4 is 57.3 Å². The fourth-order valence-corrected chi connectivity index (χ4v) is 5.03. The first-order valence-corrected chi connectivity index (χ1v) is 11.4. The number of carbonyl (C=O) groups excluding carboxylic acids is 1. The summed E-state index contributed by atoms with van der Waals surface area (Å²) in [5.74, 6) is -0.622. The Bertz CT molecular complexity index is 1390. The molecule has 0 aliphatic carbocycles. The number of amides is 1. The van der Waals surface area contributed by atoms with Gasteiger partial charge in [0.1, 0.15) is 10.5 Å². The third kappa shape index (κ3) is 4.46. The molecule has 6 nitrogen and oxygen atoms in total. The number of rotatable bonds is 5. The largest absolute Gasteiger partial charge is 0.325 e. The molecule has 4 aromatic rings. The average molecular weight is 473 g/mol. The van der Waals surface area contributed by atoms with Crippen LogP contribution in [0, 0.1) is 16.7 Å². The van der Waals surface area contributed by atoms with E-state index < -0.39 is 0 Å². The molecule has 1 amide bonds. The van der Waals surface area contributed by atoms with Gasteiger partial charge in [0, 0.05) is 18.4 Å². The number of aryl methyl sites for hydroxylation is 1. The zero-order valence-electron chi connectivity index (χ0n) is 16.6. The van der Waals surface area contributed by atoms with Gasteiger partial charge in [-0.1, -0.05) is 40.8 Å². The maximum Gasteiger partial charge on any atom is 0.273 e. The summed E-state index contributed by atoms with van der Waals surface area (Å²) in [4.78, 5) is 29.8. The molecule has 31 heavy (non-hydrogen) atoms. The molecule has 0 bridgehead atoms. The van der Waals surface area contributed by atoms with Gasteiger partial charge in [-0.05, 0) is 55.5 Å². The summed E-state index contributed by atoms with van der Waals surface area (Å²) in [5, 5.41) is 3.10. The van der Waals surface area contributed by atoms with Crippen molar-refractivity contribution in [2.24, 2.45) is 7.05 Å². The number of nitrogens with one attached hydrogen (secondary N) is 1. The van der Waals surface area contributed by atoms with Crippen molar-refractivity contribution in [2.75, 3.05) is 11.1 Å². The first-order chi connectivity index (χ1) is 14.8. The minimum Gasteiger partial charge on any atom is -0.325 e. The maximum atomic E-state index is 13.0. The lowest BCUT2D eigenvalue weighted by Gasteiger charge is -2.09. The third-order valence-corrected chi connectivity index (χ3v) is 6.91. The van der Waals surface area contributed by atoms with Crippen molar-refractivity contribution in [3.8, 4) is 5.69 Å².